The minimum absolute atomic E-state index is 0.00101. The Kier molecular flexibility index (Phi) is 8.01. The second-order valence-electron chi connectivity index (χ2n) is 9.22. The molecule has 0 N–H and O–H groups in total. The highest BCUT2D eigenvalue weighted by Gasteiger charge is 2.30. The molecule has 1 saturated heterocycles. The number of hydrogen-bond donors (Lipinski definition) is 0. The predicted octanol–water partition coefficient (Wildman–Crippen LogP) is 3.58. The Hall–Kier alpha value is -2.59. The molecule has 1 unspecified atom stereocenters. The summed E-state index contributed by atoms with van der Waals surface area (Å²) in [7, 11) is -4.33. The lowest BCUT2D eigenvalue weighted by Crippen LogP contribution is -2.37. The van der Waals surface area contributed by atoms with Crippen molar-refractivity contribution in [2.75, 3.05) is 30.9 Å². The number of anilines is 1. The van der Waals surface area contributed by atoms with Gasteiger partial charge < -0.3 is 9.64 Å². The monoisotopic (exact) mass is 516 g/mol. The molecule has 0 bridgehead atoms. The van der Waals surface area contributed by atoms with E-state index in [1.54, 1.807) is 17.5 Å². The summed E-state index contributed by atoms with van der Waals surface area (Å²) < 4.78 is 41.7. The normalized spacial score (nSPS) is 18.9. The zero-order chi connectivity index (χ0) is 25.0. The van der Waals surface area contributed by atoms with E-state index in [0.717, 1.165) is 66.5 Å². The quantitative estimate of drug-likeness (QED) is 0.502. The van der Waals surface area contributed by atoms with Gasteiger partial charge in [0.15, 0.2) is 9.84 Å². The van der Waals surface area contributed by atoms with Gasteiger partial charge in [-0.25, -0.2) is 27.6 Å². The van der Waals surface area contributed by atoms with Crippen LogP contribution in [0.2, 0.25) is 0 Å². The molecule has 1 aromatic heterocycles. The van der Waals surface area contributed by atoms with Crippen LogP contribution in [0.4, 0.5) is 5.95 Å². The van der Waals surface area contributed by atoms with E-state index in [1.807, 2.05) is 25.4 Å². The summed E-state index contributed by atoms with van der Waals surface area (Å²) >= 11 is 0. The van der Waals surface area contributed by atoms with Crippen molar-refractivity contribution < 1.29 is 17.4 Å². The number of ether oxygens (including phenoxy) is 1. The van der Waals surface area contributed by atoms with E-state index in [0.29, 0.717) is 11.4 Å². The number of aryl methyl sites for hydroxylation is 2. The number of rotatable bonds is 9. The first-order valence-corrected chi connectivity index (χ1v) is 15.1. The maximum absolute atomic E-state index is 12.7. The molecule has 2 aliphatic rings. The summed E-state index contributed by atoms with van der Waals surface area (Å²) in [4.78, 5) is 15.9. The summed E-state index contributed by atoms with van der Waals surface area (Å²) in [5, 5.41) is 2.40. The van der Waals surface area contributed by atoms with Crippen LogP contribution < -0.4 is 9.64 Å². The molecule has 2 aliphatic heterocycles. The first-order chi connectivity index (χ1) is 16.7. The van der Waals surface area contributed by atoms with Crippen molar-refractivity contribution in [3.8, 4) is 5.75 Å². The van der Waals surface area contributed by atoms with Gasteiger partial charge in [-0.15, -0.1) is 0 Å². The molecule has 1 fully saturated rings. The number of hydrogen-bond acceptors (Lipinski definition) is 8. The lowest BCUT2D eigenvalue weighted by molar-refractivity contribution is 0.348. The molecule has 10 heteroatoms. The molecule has 0 spiro atoms. The topological polar surface area (TPSA) is 102 Å². The first kappa shape index (κ1) is 25.5. The third-order valence-corrected chi connectivity index (χ3v) is 8.28. The molecule has 188 valence electrons. The van der Waals surface area contributed by atoms with E-state index < -0.39 is 20.6 Å². The molecule has 1 atom stereocenters. The number of piperidine rings is 1. The molecule has 3 heterocycles. The molecule has 0 amide bonds. The van der Waals surface area contributed by atoms with Crippen molar-refractivity contribution in [1.82, 2.24) is 9.97 Å². The van der Waals surface area contributed by atoms with Crippen LogP contribution in [-0.2, 0) is 32.8 Å². The number of aliphatic imine (C=N–C) groups is 1. The Morgan fingerprint density at radius 2 is 1.86 bits per heavy atom. The lowest BCUT2D eigenvalue weighted by Gasteiger charge is -2.31. The van der Waals surface area contributed by atoms with E-state index in [9.17, 15) is 12.6 Å². The van der Waals surface area contributed by atoms with E-state index in [2.05, 4.69) is 26.8 Å². The average Bonchev–Trinajstić information content (AvgIpc) is 3.19. The minimum atomic E-state index is -3.09. The van der Waals surface area contributed by atoms with Gasteiger partial charge in [-0.2, -0.15) is 0 Å². The second-order valence-corrected chi connectivity index (χ2v) is 12.6. The van der Waals surface area contributed by atoms with Gasteiger partial charge in [0, 0.05) is 43.1 Å². The first-order valence-electron chi connectivity index (χ1n) is 11.9. The van der Waals surface area contributed by atoms with Gasteiger partial charge in [-0.3, -0.25) is 0 Å². The van der Waals surface area contributed by atoms with Crippen molar-refractivity contribution in [2.45, 2.75) is 45.3 Å². The Labute approximate surface area is 209 Å². The third-order valence-electron chi connectivity index (χ3n) is 6.10. The molecule has 0 saturated carbocycles. The van der Waals surface area contributed by atoms with Crippen LogP contribution in [0.1, 0.15) is 42.9 Å². The van der Waals surface area contributed by atoms with Crippen molar-refractivity contribution in [3.63, 3.8) is 0 Å². The van der Waals surface area contributed by atoms with Gasteiger partial charge in [0.05, 0.1) is 22.2 Å². The highest BCUT2D eigenvalue weighted by molar-refractivity contribution is 8.03. The van der Waals surface area contributed by atoms with Gasteiger partial charge >= 0.3 is 0 Å². The summed E-state index contributed by atoms with van der Waals surface area (Å²) in [5.41, 5.74) is 3.40. The van der Waals surface area contributed by atoms with Crippen molar-refractivity contribution in [3.05, 3.63) is 58.4 Å². The second kappa shape index (κ2) is 11.0. The van der Waals surface area contributed by atoms with E-state index >= 15 is 0 Å². The highest BCUT2D eigenvalue weighted by Crippen LogP contribution is 2.28. The Morgan fingerprint density at radius 3 is 2.49 bits per heavy atom. The summed E-state index contributed by atoms with van der Waals surface area (Å²) in [6.07, 6.45) is 8.81. The maximum Gasteiger partial charge on any atom is 0.225 e. The zero-order valence-electron chi connectivity index (χ0n) is 20.4. The molecule has 2 aromatic rings. The van der Waals surface area contributed by atoms with Crippen molar-refractivity contribution >= 4 is 31.6 Å². The number of nitrogens with zero attached hydrogens (tertiary/aromatic N) is 4. The molecule has 8 nitrogen and oxygen atoms in total. The van der Waals surface area contributed by atoms with Gasteiger partial charge in [-0.05, 0) is 48.9 Å². The van der Waals surface area contributed by atoms with Crippen LogP contribution in [0.25, 0.3) is 0 Å². The van der Waals surface area contributed by atoms with Crippen molar-refractivity contribution in [1.29, 1.82) is 0 Å². The Morgan fingerprint density at radius 1 is 1.14 bits per heavy atom. The smallest absolute Gasteiger partial charge is 0.225 e. The predicted molar refractivity (Wildman–Crippen MR) is 140 cm³/mol. The molecular formula is C25H32N4O4S2. The van der Waals surface area contributed by atoms with Gasteiger partial charge in [0.2, 0.25) is 5.95 Å². The SMILES string of the molecule is CCCc1cnc(N2CCC(C3=NC(COc4ccc(CS(C)(=O)=O)cc4C)=CS3=O)CC2)nc1. The summed E-state index contributed by atoms with van der Waals surface area (Å²) in [5.74, 6) is 1.58. The fourth-order valence-corrected chi connectivity index (χ4v) is 6.44. The van der Waals surface area contributed by atoms with Crippen LogP contribution in [0.5, 0.6) is 5.75 Å². The van der Waals surface area contributed by atoms with E-state index in [4.69, 9.17) is 4.74 Å². The van der Waals surface area contributed by atoms with E-state index in [-0.39, 0.29) is 18.3 Å². The van der Waals surface area contributed by atoms with Crippen molar-refractivity contribution in [2.24, 2.45) is 10.9 Å². The molecule has 4 rings (SSSR count). The van der Waals surface area contributed by atoms with E-state index in [1.165, 1.54) is 6.26 Å². The third kappa shape index (κ3) is 6.76. The maximum atomic E-state index is 12.7. The largest absolute Gasteiger partial charge is 0.487 e. The number of sulfone groups is 1. The fourth-order valence-electron chi connectivity index (χ4n) is 4.39. The van der Waals surface area contributed by atoms with Gasteiger partial charge in [0.25, 0.3) is 0 Å². The Bertz CT molecular complexity index is 1250. The minimum Gasteiger partial charge on any atom is -0.487 e. The molecule has 0 aliphatic carbocycles. The van der Waals surface area contributed by atoms with Crippen LogP contribution in [0.15, 0.2) is 46.7 Å². The molecule has 1 aromatic carbocycles. The Balaban J connectivity index is 1.31. The lowest BCUT2D eigenvalue weighted by atomic mass is 9.98. The number of benzene rings is 1. The summed E-state index contributed by atoms with van der Waals surface area (Å²) in [6.45, 7) is 5.85. The van der Waals surface area contributed by atoms with Gasteiger partial charge in [-0.1, -0.05) is 25.5 Å². The zero-order valence-corrected chi connectivity index (χ0v) is 22.1. The van der Waals surface area contributed by atoms with Crippen LogP contribution >= 0.6 is 0 Å². The number of aromatic nitrogens is 2. The fraction of sp³-hybridized carbons (Fsp3) is 0.480. The standard InChI is InChI=1S/C25H32N4O4S2/c1-4-5-20-13-26-25(27-14-20)29-10-8-21(9-11-29)24-28-22(16-34(24)30)15-33-23-7-6-19(12-18(23)2)17-35(3,31)32/h6-7,12-14,16,21H,4-5,8-11,15,17H2,1-3H3. The highest BCUT2D eigenvalue weighted by atomic mass is 32.2. The molecule has 35 heavy (non-hydrogen) atoms. The molecular weight excluding hydrogens is 484 g/mol. The summed E-state index contributed by atoms with van der Waals surface area (Å²) in [6, 6.07) is 5.36. The average molecular weight is 517 g/mol. The van der Waals surface area contributed by atoms with Crippen LogP contribution in [0, 0.1) is 12.8 Å². The van der Waals surface area contributed by atoms with Crippen LogP contribution in [-0.4, -0.2) is 53.6 Å². The molecule has 0 radical (unpaired) electrons. The van der Waals surface area contributed by atoms with Gasteiger partial charge in [0.1, 0.15) is 17.4 Å². The van der Waals surface area contributed by atoms with Crippen LogP contribution in [0.3, 0.4) is 0 Å².